The van der Waals surface area contributed by atoms with Crippen LogP contribution in [0.1, 0.15) is 49.1 Å². The zero-order valence-corrected chi connectivity index (χ0v) is 24.9. The second-order valence-corrected chi connectivity index (χ2v) is 15.4. The first-order valence-corrected chi connectivity index (χ1v) is 17.1. The number of halogens is 2. The first-order valence-electron chi connectivity index (χ1n) is 13.3. The van der Waals surface area contributed by atoms with E-state index in [2.05, 4.69) is 24.9 Å². The summed E-state index contributed by atoms with van der Waals surface area (Å²) in [6, 6.07) is 2.90. The quantitative estimate of drug-likeness (QED) is 0.370. The van der Waals surface area contributed by atoms with Crippen LogP contribution in [0, 0.1) is 6.57 Å². The second-order valence-electron chi connectivity index (χ2n) is 10.5. The second kappa shape index (κ2) is 10.7. The van der Waals surface area contributed by atoms with Gasteiger partial charge in [0.25, 0.3) is 12.1 Å². The van der Waals surface area contributed by atoms with E-state index in [0.29, 0.717) is 73.1 Å². The molecule has 12 nitrogen and oxygen atoms in total. The van der Waals surface area contributed by atoms with E-state index in [1.54, 1.807) is 13.1 Å². The summed E-state index contributed by atoms with van der Waals surface area (Å²) < 4.78 is 90.9. The molecule has 0 spiro atoms. The maximum absolute atomic E-state index is 13.5. The molecule has 3 aromatic rings. The van der Waals surface area contributed by atoms with Gasteiger partial charge in [-0.15, -0.1) is 14.9 Å². The van der Waals surface area contributed by atoms with Crippen LogP contribution in [-0.2, 0) is 31.8 Å². The van der Waals surface area contributed by atoms with E-state index in [4.69, 9.17) is 11.3 Å². The molecule has 2 aliphatic heterocycles. The number of benzene rings is 1. The van der Waals surface area contributed by atoms with Gasteiger partial charge in [-0.3, -0.25) is 9.53 Å². The maximum atomic E-state index is 13.5. The van der Waals surface area contributed by atoms with Crippen molar-refractivity contribution in [3.05, 3.63) is 40.2 Å². The summed E-state index contributed by atoms with van der Waals surface area (Å²) in [5.74, 6) is 0. The molecule has 2 fully saturated rings. The number of rotatable bonds is 8. The van der Waals surface area contributed by atoms with Crippen LogP contribution in [0.25, 0.3) is 32.0 Å². The third-order valence-electron chi connectivity index (χ3n) is 7.78. The normalized spacial score (nSPS) is 20.1. The van der Waals surface area contributed by atoms with Crippen molar-refractivity contribution in [2.24, 2.45) is 7.05 Å². The lowest BCUT2D eigenvalue weighted by molar-refractivity contribution is 0.0973. The van der Waals surface area contributed by atoms with E-state index < -0.39 is 42.4 Å². The highest BCUT2D eigenvalue weighted by molar-refractivity contribution is 7.90. The minimum absolute atomic E-state index is 0.107. The van der Waals surface area contributed by atoms with Crippen LogP contribution in [-0.4, -0.2) is 78.3 Å². The lowest BCUT2D eigenvalue weighted by atomic mass is 9.97. The van der Waals surface area contributed by atoms with Crippen LogP contribution in [0.2, 0.25) is 0 Å². The molecule has 2 aromatic heterocycles. The molecule has 1 saturated carbocycles. The Morgan fingerprint density at radius 2 is 1.93 bits per heavy atom. The van der Waals surface area contributed by atoms with Crippen molar-refractivity contribution >= 4 is 47.9 Å². The molecule has 1 aromatic carbocycles. The number of fused-ring (bicyclic) bond motifs is 1. The zero-order valence-electron chi connectivity index (χ0n) is 22.5. The van der Waals surface area contributed by atoms with Crippen LogP contribution in [0.5, 0.6) is 0 Å². The average molecular weight is 640 g/mol. The van der Waals surface area contributed by atoms with E-state index >= 15 is 0 Å². The van der Waals surface area contributed by atoms with Crippen molar-refractivity contribution in [2.75, 3.05) is 26.3 Å². The highest BCUT2D eigenvalue weighted by atomic mass is 32.2. The Kier molecular flexibility index (Phi) is 7.43. The third-order valence-corrected chi connectivity index (χ3v) is 12.6. The highest BCUT2D eigenvalue weighted by Gasteiger charge is 2.54. The van der Waals surface area contributed by atoms with Crippen LogP contribution in [0.4, 0.5) is 8.78 Å². The molecular weight excluding hydrogens is 613 g/mol. The van der Waals surface area contributed by atoms with E-state index in [9.17, 15) is 25.6 Å². The van der Waals surface area contributed by atoms with Gasteiger partial charge in [0.15, 0.2) is 10.0 Å². The maximum Gasteiger partial charge on any atom is 0.299 e. The van der Waals surface area contributed by atoms with Gasteiger partial charge >= 0.3 is 0 Å². The van der Waals surface area contributed by atoms with Crippen LogP contribution < -0.4 is 4.72 Å². The highest BCUT2D eigenvalue weighted by Crippen LogP contribution is 2.41. The molecule has 1 saturated heterocycles. The minimum Gasteiger partial charge on any atom is -0.381 e. The van der Waals surface area contributed by atoms with E-state index in [-0.39, 0.29) is 28.7 Å². The molecule has 224 valence electrons. The zero-order chi connectivity index (χ0) is 29.9. The Balaban J connectivity index is 1.44. The van der Waals surface area contributed by atoms with Crippen molar-refractivity contribution in [3.8, 4) is 10.7 Å². The lowest BCUT2D eigenvalue weighted by Crippen LogP contribution is -2.43. The summed E-state index contributed by atoms with van der Waals surface area (Å²) >= 11 is 0.667. The van der Waals surface area contributed by atoms with Crippen molar-refractivity contribution in [3.63, 3.8) is 0 Å². The predicted molar refractivity (Wildman–Crippen MR) is 150 cm³/mol. The summed E-state index contributed by atoms with van der Waals surface area (Å²) in [4.78, 5) is 3.33. The number of nitrogens with one attached hydrogen (secondary N) is 1. The Morgan fingerprint density at radius 3 is 2.52 bits per heavy atom. The molecule has 0 bridgehead atoms. The molecule has 0 atom stereocenters. The van der Waals surface area contributed by atoms with Gasteiger partial charge in [0.1, 0.15) is 5.69 Å². The molecule has 0 unspecified atom stereocenters. The largest absolute Gasteiger partial charge is 0.381 e. The van der Waals surface area contributed by atoms with Crippen LogP contribution in [0.15, 0.2) is 23.1 Å². The molecule has 1 aliphatic carbocycles. The predicted octanol–water partition coefficient (Wildman–Crippen LogP) is 3.31. The Bertz CT molecular complexity index is 1840. The van der Waals surface area contributed by atoms with Gasteiger partial charge in [0.2, 0.25) is 20.0 Å². The van der Waals surface area contributed by atoms with Crippen molar-refractivity contribution in [2.45, 2.75) is 54.3 Å². The lowest BCUT2D eigenvalue weighted by Gasteiger charge is -2.31. The molecule has 4 heterocycles. The van der Waals surface area contributed by atoms with Gasteiger partial charge < -0.3 is 4.74 Å². The van der Waals surface area contributed by atoms with Crippen LogP contribution >= 0.6 is 11.3 Å². The SMILES string of the molecule is [C-]#[N+]C1(NS(=O)(=O)c2cc(C3=CCN(S(=O)(=O)C4CCOCC4)CC3)c3c(c2)c(-c2nnc(C(F)F)s2)nn3C)CC1. The number of aromatic nitrogens is 4. The number of sulfonamides is 2. The molecule has 17 heteroatoms. The van der Waals surface area contributed by atoms with Gasteiger partial charge in [0.05, 0.1) is 28.5 Å². The molecule has 6 rings (SSSR count). The summed E-state index contributed by atoms with van der Waals surface area (Å²) in [6.45, 7) is 8.54. The monoisotopic (exact) mass is 639 g/mol. The smallest absolute Gasteiger partial charge is 0.299 e. The summed E-state index contributed by atoms with van der Waals surface area (Å²) in [5.41, 5.74) is 0.795. The third kappa shape index (κ3) is 5.24. The number of hydrogen-bond acceptors (Lipinski definition) is 9. The number of alkyl halides is 2. The first-order chi connectivity index (χ1) is 19.9. The van der Waals surface area contributed by atoms with Crippen molar-refractivity contribution in [1.82, 2.24) is 29.0 Å². The summed E-state index contributed by atoms with van der Waals surface area (Å²) in [7, 11) is -6.06. The molecule has 1 N–H and O–H groups in total. The average Bonchev–Trinajstić information content (AvgIpc) is 3.41. The summed E-state index contributed by atoms with van der Waals surface area (Å²) in [5, 5.41) is 11.4. The number of nitrogens with zero attached hydrogens (tertiary/aromatic N) is 6. The summed E-state index contributed by atoms with van der Waals surface area (Å²) in [6.07, 6.45) is 0.928. The molecule has 3 aliphatic rings. The van der Waals surface area contributed by atoms with E-state index in [1.165, 1.54) is 21.1 Å². The Morgan fingerprint density at radius 1 is 1.19 bits per heavy atom. The van der Waals surface area contributed by atoms with Crippen LogP contribution in [0.3, 0.4) is 0 Å². The Hall–Kier alpha value is -2.88. The fourth-order valence-corrected chi connectivity index (χ4v) is 9.29. The van der Waals surface area contributed by atoms with Gasteiger partial charge in [-0.2, -0.15) is 9.40 Å². The molecular formula is C25H27F2N7O5S3. The van der Waals surface area contributed by atoms with Gasteiger partial charge in [-0.1, -0.05) is 17.4 Å². The van der Waals surface area contributed by atoms with Gasteiger partial charge in [-0.05, 0) is 37.0 Å². The molecule has 0 radical (unpaired) electrons. The van der Waals surface area contributed by atoms with E-state index in [1.807, 2.05) is 0 Å². The topological polar surface area (TPSA) is 141 Å². The number of hydrogen-bond donors (Lipinski definition) is 1. The first kappa shape index (κ1) is 29.2. The fourth-order valence-electron chi connectivity index (χ4n) is 5.34. The number of ether oxygens (including phenoxy) is 1. The van der Waals surface area contributed by atoms with Crippen molar-refractivity contribution < 1.29 is 30.4 Å². The molecule has 42 heavy (non-hydrogen) atoms. The Labute approximate surface area is 245 Å². The van der Waals surface area contributed by atoms with Gasteiger partial charge in [-0.25, -0.2) is 32.2 Å². The van der Waals surface area contributed by atoms with Crippen molar-refractivity contribution in [1.29, 1.82) is 0 Å². The number of aryl methyl sites for hydroxylation is 1. The fraction of sp³-hybridized carbons (Fsp3) is 0.520. The van der Waals surface area contributed by atoms with Gasteiger partial charge in [0, 0.05) is 44.3 Å². The standard InChI is InChI=1S/C25H27F2N7O5S3/c1-28-25(7-8-25)32-41(35,36)17-13-18(15-3-9-34(10-4-15)42(37,38)16-5-11-39-12-6-16)21-19(14-17)20(31-33(21)2)23-29-30-24(40-23)22(26)27/h3,13-14,16,22,32H,4-12H2,2H3. The van der Waals surface area contributed by atoms with E-state index in [0.717, 1.165) is 5.57 Å². The minimum atomic E-state index is -4.17. The molecule has 0 amide bonds.